The van der Waals surface area contributed by atoms with Gasteiger partial charge in [-0.2, -0.15) is 11.3 Å². The largest absolute Gasteiger partial charge is 0.380 e. The Morgan fingerprint density at radius 2 is 2.15 bits per heavy atom. The number of nitrogens with one attached hydrogen (secondary N) is 1. The lowest BCUT2D eigenvalue weighted by molar-refractivity contribution is 0.624. The third kappa shape index (κ3) is 4.13. The normalized spacial score (nSPS) is 16.4. The molecule has 1 aliphatic carbocycles. The number of nitrogens with zero attached hydrogens (tertiary/aromatic N) is 1. The van der Waals surface area contributed by atoms with E-state index in [1.807, 2.05) is 31.3 Å². The van der Waals surface area contributed by atoms with E-state index in [4.69, 9.17) is 11.6 Å². The van der Waals surface area contributed by atoms with Gasteiger partial charge in [-0.3, -0.25) is 0 Å². The van der Waals surface area contributed by atoms with Gasteiger partial charge in [0.2, 0.25) is 0 Å². The number of thiophene rings is 2. The van der Waals surface area contributed by atoms with E-state index in [1.54, 1.807) is 11.3 Å². The lowest BCUT2D eigenvalue weighted by Crippen LogP contribution is -2.00. The van der Waals surface area contributed by atoms with Crippen LogP contribution in [0.3, 0.4) is 0 Å². The van der Waals surface area contributed by atoms with Gasteiger partial charge in [-0.1, -0.05) is 37.6 Å². The van der Waals surface area contributed by atoms with Gasteiger partial charge in [-0.25, -0.2) is 4.98 Å². The minimum atomic E-state index is 0.561. The van der Waals surface area contributed by atoms with Crippen molar-refractivity contribution < 1.29 is 0 Å². The molecule has 138 valence electrons. The summed E-state index contributed by atoms with van der Waals surface area (Å²) in [6.07, 6.45) is 8.15. The smallest absolute Gasteiger partial charge is 0.131 e. The first kappa shape index (κ1) is 19.4. The summed E-state index contributed by atoms with van der Waals surface area (Å²) in [5.74, 6) is 0.623. The number of halogens is 1. The van der Waals surface area contributed by atoms with E-state index in [0.29, 0.717) is 11.1 Å². The van der Waals surface area contributed by atoms with Crippen LogP contribution in [0.1, 0.15) is 55.0 Å². The third-order valence-corrected chi connectivity index (χ3v) is 6.98. The minimum absolute atomic E-state index is 0.561. The molecule has 3 aromatic heterocycles. The third-order valence-electron chi connectivity index (χ3n) is 4.58. The Labute approximate surface area is 168 Å². The number of fused-ring (bicyclic) bond motifs is 1. The van der Waals surface area contributed by atoms with Crippen molar-refractivity contribution in [2.75, 3.05) is 5.32 Å². The average molecular weight is 405 g/mol. The Hall–Kier alpha value is -1.36. The van der Waals surface area contributed by atoms with Gasteiger partial charge in [-0.15, -0.1) is 11.3 Å². The van der Waals surface area contributed by atoms with Gasteiger partial charge >= 0.3 is 0 Å². The van der Waals surface area contributed by atoms with E-state index in [9.17, 15) is 0 Å². The van der Waals surface area contributed by atoms with Crippen LogP contribution in [-0.4, -0.2) is 4.98 Å². The lowest BCUT2D eigenvalue weighted by Gasteiger charge is -2.16. The summed E-state index contributed by atoms with van der Waals surface area (Å²) in [6, 6.07) is 4.11. The van der Waals surface area contributed by atoms with Crippen LogP contribution in [0, 0.1) is 6.92 Å². The summed E-state index contributed by atoms with van der Waals surface area (Å²) in [4.78, 5) is 6.09. The van der Waals surface area contributed by atoms with E-state index >= 15 is 0 Å². The maximum absolute atomic E-state index is 6.30. The molecule has 5 heteroatoms. The van der Waals surface area contributed by atoms with Gasteiger partial charge in [0.15, 0.2) is 0 Å². The zero-order valence-corrected chi connectivity index (χ0v) is 17.9. The van der Waals surface area contributed by atoms with Crippen LogP contribution < -0.4 is 5.32 Å². The summed E-state index contributed by atoms with van der Waals surface area (Å²) in [7, 11) is 0. The lowest BCUT2D eigenvalue weighted by atomic mass is 9.91. The Kier molecular flexibility index (Phi) is 6.74. The summed E-state index contributed by atoms with van der Waals surface area (Å²) in [5.41, 5.74) is 4.76. The van der Waals surface area contributed by atoms with E-state index in [2.05, 4.69) is 46.2 Å². The first-order valence-electron chi connectivity index (χ1n) is 9.22. The van der Waals surface area contributed by atoms with Crippen LogP contribution in [0.15, 0.2) is 35.0 Å². The van der Waals surface area contributed by atoms with Crippen LogP contribution in [0.2, 0.25) is 5.15 Å². The van der Waals surface area contributed by atoms with Crippen LogP contribution in [0.25, 0.3) is 10.2 Å². The van der Waals surface area contributed by atoms with E-state index < -0.39 is 0 Å². The van der Waals surface area contributed by atoms with Crippen molar-refractivity contribution in [1.29, 1.82) is 0 Å². The molecule has 1 atom stereocenters. The Bertz CT molecular complexity index is 881. The fraction of sp³-hybridized carbons (Fsp3) is 0.381. The van der Waals surface area contributed by atoms with Crippen LogP contribution in [0.5, 0.6) is 0 Å². The summed E-state index contributed by atoms with van der Waals surface area (Å²) < 4.78 is 1.23. The number of hydrogen-bond acceptors (Lipinski definition) is 4. The highest BCUT2D eigenvalue weighted by Gasteiger charge is 2.21. The maximum Gasteiger partial charge on any atom is 0.131 e. The number of aromatic nitrogens is 1. The molecule has 0 saturated carbocycles. The number of pyridine rings is 1. The average Bonchev–Trinajstić information content (AvgIpc) is 3.31. The predicted octanol–water partition coefficient (Wildman–Crippen LogP) is 7.78. The standard InChI is InChI=1S/C19H19ClN2S2.C2H6/c1-12-17-19(24-18(12)14-5-3-2-4-6-14)15(9-16(20)22-17)21-10-13-7-8-23-11-13;1-2/h2-3,7-9,11,14H,4-6,10H2,1H3,(H,21,22);1-2H3. The topological polar surface area (TPSA) is 24.9 Å². The van der Waals surface area contributed by atoms with Gasteiger partial charge in [0.05, 0.1) is 15.9 Å². The van der Waals surface area contributed by atoms with Crippen molar-refractivity contribution in [3.63, 3.8) is 0 Å². The molecule has 26 heavy (non-hydrogen) atoms. The SMILES string of the molecule is CC.Cc1c(C2CC=CCC2)sc2c(NCc3ccsc3)cc(Cl)nc12. The first-order valence-corrected chi connectivity index (χ1v) is 11.4. The van der Waals surface area contributed by atoms with Gasteiger partial charge in [-0.05, 0) is 60.1 Å². The second-order valence-corrected chi connectivity index (χ2v) is 8.45. The van der Waals surface area contributed by atoms with Crippen molar-refractivity contribution in [3.05, 3.63) is 56.2 Å². The Morgan fingerprint density at radius 3 is 2.85 bits per heavy atom. The van der Waals surface area contributed by atoms with Crippen molar-refractivity contribution in [1.82, 2.24) is 4.98 Å². The van der Waals surface area contributed by atoms with Gasteiger partial charge in [0.25, 0.3) is 0 Å². The van der Waals surface area contributed by atoms with E-state index in [-0.39, 0.29) is 0 Å². The van der Waals surface area contributed by atoms with Gasteiger partial charge in [0.1, 0.15) is 5.15 Å². The van der Waals surface area contributed by atoms with E-state index in [0.717, 1.165) is 24.2 Å². The van der Waals surface area contributed by atoms with Crippen LogP contribution in [-0.2, 0) is 6.54 Å². The molecule has 0 bridgehead atoms. The number of aryl methyl sites for hydroxylation is 1. The molecule has 0 fully saturated rings. The first-order chi connectivity index (χ1) is 12.7. The van der Waals surface area contributed by atoms with Crippen LogP contribution >= 0.6 is 34.3 Å². The van der Waals surface area contributed by atoms with Gasteiger partial charge < -0.3 is 5.32 Å². The molecule has 3 heterocycles. The quantitative estimate of drug-likeness (QED) is 0.354. The fourth-order valence-corrected chi connectivity index (χ4v) is 5.55. The molecule has 0 aliphatic heterocycles. The van der Waals surface area contributed by atoms with Crippen molar-refractivity contribution >= 4 is 50.2 Å². The van der Waals surface area contributed by atoms with Crippen molar-refractivity contribution in [3.8, 4) is 0 Å². The fourth-order valence-electron chi connectivity index (χ4n) is 3.31. The summed E-state index contributed by atoms with van der Waals surface area (Å²) in [6.45, 7) is 7.01. The molecule has 0 spiro atoms. The number of hydrogen-bond donors (Lipinski definition) is 1. The zero-order chi connectivity index (χ0) is 18.5. The molecular formula is C21H25ClN2S2. The number of allylic oxidation sites excluding steroid dienone is 2. The molecule has 3 aromatic rings. The molecule has 1 N–H and O–H groups in total. The maximum atomic E-state index is 6.30. The number of rotatable bonds is 4. The van der Waals surface area contributed by atoms with Gasteiger partial charge in [0, 0.05) is 17.5 Å². The molecule has 4 rings (SSSR count). The zero-order valence-electron chi connectivity index (χ0n) is 15.5. The van der Waals surface area contributed by atoms with Crippen molar-refractivity contribution in [2.45, 2.75) is 52.5 Å². The molecule has 1 aliphatic rings. The minimum Gasteiger partial charge on any atom is -0.380 e. The Balaban J connectivity index is 0.000000948. The highest BCUT2D eigenvalue weighted by atomic mass is 35.5. The highest BCUT2D eigenvalue weighted by molar-refractivity contribution is 7.20. The predicted molar refractivity (Wildman–Crippen MR) is 118 cm³/mol. The van der Waals surface area contributed by atoms with Crippen molar-refractivity contribution in [2.24, 2.45) is 0 Å². The second kappa shape index (κ2) is 9.03. The summed E-state index contributed by atoms with van der Waals surface area (Å²) in [5, 5.41) is 8.39. The molecule has 0 saturated heterocycles. The molecule has 2 nitrogen and oxygen atoms in total. The molecular weight excluding hydrogens is 380 g/mol. The molecule has 1 unspecified atom stereocenters. The second-order valence-electron chi connectivity index (χ2n) is 6.23. The molecule has 0 aromatic carbocycles. The Morgan fingerprint density at radius 1 is 1.31 bits per heavy atom. The molecule has 0 radical (unpaired) electrons. The van der Waals surface area contributed by atoms with Crippen LogP contribution in [0.4, 0.5) is 5.69 Å². The monoisotopic (exact) mass is 404 g/mol. The molecule has 0 amide bonds. The number of anilines is 1. The van der Waals surface area contributed by atoms with E-state index in [1.165, 1.54) is 33.5 Å². The highest BCUT2D eigenvalue weighted by Crippen LogP contribution is 2.43. The summed E-state index contributed by atoms with van der Waals surface area (Å²) >= 11 is 9.91.